The highest BCUT2D eigenvalue weighted by Crippen LogP contribution is 2.18. The highest BCUT2D eigenvalue weighted by atomic mass is 16.4. The second kappa shape index (κ2) is 7.49. The molecule has 0 saturated carbocycles. The smallest absolute Gasteiger partial charge is 0.326 e. The van der Waals surface area contributed by atoms with E-state index >= 15 is 0 Å². The molecule has 0 aromatic carbocycles. The Morgan fingerprint density at radius 1 is 1.40 bits per heavy atom. The first-order chi connectivity index (χ1) is 9.43. The van der Waals surface area contributed by atoms with Gasteiger partial charge in [0.1, 0.15) is 12.1 Å². The second-order valence-electron chi connectivity index (χ2n) is 4.60. The average molecular weight is 283 g/mol. The molecule has 8 heteroatoms. The summed E-state index contributed by atoms with van der Waals surface area (Å²) in [4.78, 5) is 28.3. The maximum absolute atomic E-state index is 12.1. The van der Waals surface area contributed by atoms with Crippen LogP contribution < -0.4 is 17.2 Å². The van der Waals surface area contributed by atoms with E-state index < -0.39 is 24.0 Å². The van der Waals surface area contributed by atoms with E-state index in [0.29, 0.717) is 13.0 Å². The first-order valence-corrected chi connectivity index (χ1v) is 6.44. The molecule has 1 saturated heterocycles. The summed E-state index contributed by atoms with van der Waals surface area (Å²) in [6.07, 6.45) is 5.10. The predicted octanol–water partition coefficient (Wildman–Crippen LogP) is -1.39. The van der Waals surface area contributed by atoms with Crippen LogP contribution in [0.2, 0.25) is 0 Å². The largest absolute Gasteiger partial charge is 0.480 e. The number of nitrogens with zero attached hydrogens (tertiary/aromatic N) is 2. The van der Waals surface area contributed by atoms with E-state index in [2.05, 4.69) is 4.99 Å². The van der Waals surface area contributed by atoms with Crippen molar-refractivity contribution in [3.05, 3.63) is 12.2 Å². The third-order valence-corrected chi connectivity index (χ3v) is 3.08. The standard InChI is InChI=1S/C12H21N5O3/c13-8(4-3-6-16-12(14)15)10(18)17-7-2-1-5-9(17)11(19)20/h3-4,8-9H,1-2,5-7,13H2,(H,19,20)(H4,14,15,16)/b4-3+/t8-,9-/m1/s1. The molecule has 1 heterocycles. The van der Waals surface area contributed by atoms with Crippen LogP contribution in [0.3, 0.4) is 0 Å². The molecule has 0 bridgehead atoms. The molecule has 1 amide bonds. The number of piperidine rings is 1. The van der Waals surface area contributed by atoms with Crippen LogP contribution in [0.4, 0.5) is 0 Å². The molecular weight excluding hydrogens is 262 g/mol. The molecule has 0 spiro atoms. The van der Waals surface area contributed by atoms with Gasteiger partial charge < -0.3 is 27.2 Å². The van der Waals surface area contributed by atoms with Crippen molar-refractivity contribution in [2.75, 3.05) is 13.1 Å². The SMILES string of the molecule is NC(N)=NC/C=C/[C@@H](N)C(=O)N1CCCC[C@@H]1C(=O)O. The molecule has 1 fully saturated rings. The predicted molar refractivity (Wildman–Crippen MR) is 74.8 cm³/mol. The van der Waals surface area contributed by atoms with Gasteiger partial charge in [-0.05, 0) is 19.3 Å². The minimum absolute atomic E-state index is 0.0449. The van der Waals surface area contributed by atoms with Gasteiger partial charge in [0.15, 0.2) is 5.96 Å². The molecule has 7 N–H and O–H groups in total. The fourth-order valence-corrected chi connectivity index (χ4v) is 2.09. The van der Waals surface area contributed by atoms with Crippen LogP contribution in [0.25, 0.3) is 0 Å². The second-order valence-corrected chi connectivity index (χ2v) is 4.60. The van der Waals surface area contributed by atoms with Crippen molar-refractivity contribution in [1.82, 2.24) is 4.90 Å². The van der Waals surface area contributed by atoms with Crippen molar-refractivity contribution in [2.24, 2.45) is 22.2 Å². The van der Waals surface area contributed by atoms with Crippen LogP contribution in [0.1, 0.15) is 19.3 Å². The van der Waals surface area contributed by atoms with Crippen LogP contribution in [-0.4, -0.2) is 53.0 Å². The van der Waals surface area contributed by atoms with Gasteiger partial charge in [-0.1, -0.05) is 12.2 Å². The van der Waals surface area contributed by atoms with E-state index in [1.807, 2.05) is 0 Å². The zero-order valence-electron chi connectivity index (χ0n) is 11.2. The van der Waals surface area contributed by atoms with E-state index in [0.717, 1.165) is 12.8 Å². The lowest BCUT2D eigenvalue weighted by Gasteiger charge is -2.34. The number of guanidine groups is 1. The number of rotatable bonds is 5. The van der Waals surface area contributed by atoms with Crippen LogP contribution in [0.15, 0.2) is 17.1 Å². The van der Waals surface area contributed by atoms with E-state index in [-0.39, 0.29) is 12.5 Å². The fourth-order valence-electron chi connectivity index (χ4n) is 2.09. The normalized spacial score (nSPS) is 20.6. The van der Waals surface area contributed by atoms with Crippen molar-refractivity contribution >= 4 is 17.8 Å². The summed E-state index contributed by atoms with van der Waals surface area (Å²) in [7, 11) is 0. The number of hydrogen-bond donors (Lipinski definition) is 4. The topological polar surface area (TPSA) is 148 Å². The van der Waals surface area contributed by atoms with Gasteiger partial charge in [-0.3, -0.25) is 4.79 Å². The van der Waals surface area contributed by atoms with Crippen LogP contribution in [0.5, 0.6) is 0 Å². The van der Waals surface area contributed by atoms with Gasteiger partial charge in [0, 0.05) is 6.54 Å². The number of carboxylic acid groups (broad SMARTS) is 1. The molecule has 1 aliphatic heterocycles. The molecule has 1 aliphatic rings. The molecule has 1 rings (SSSR count). The fraction of sp³-hybridized carbons (Fsp3) is 0.583. The van der Waals surface area contributed by atoms with Gasteiger partial charge in [0.05, 0.1) is 6.54 Å². The molecule has 0 aliphatic carbocycles. The third-order valence-electron chi connectivity index (χ3n) is 3.08. The third kappa shape index (κ3) is 4.54. The Balaban J connectivity index is 2.62. The Bertz CT molecular complexity index is 417. The maximum Gasteiger partial charge on any atom is 0.326 e. The number of amides is 1. The summed E-state index contributed by atoms with van der Waals surface area (Å²) < 4.78 is 0. The molecule has 8 nitrogen and oxygen atoms in total. The summed E-state index contributed by atoms with van der Waals surface area (Å²) in [5, 5.41) is 9.12. The van der Waals surface area contributed by atoms with Crippen molar-refractivity contribution < 1.29 is 14.7 Å². The number of nitrogens with two attached hydrogens (primary N) is 3. The lowest BCUT2D eigenvalue weighted by Crippen LogP contribution is -2.53. The summed E-state index contributed by atoms with van der Waals surface area (Å²) >= 11 is 0. The van der Waals surface area contributed by atoms with Gasteiger partial charge in [0.25, 0.3) is 0 Å². The summed E-state index contributed by atoms with van der Waals surface area (Å²) in [6, 6.07) is -1.67. The molecular formula is C12H21N5O3. The molecule has 0 aromatic rings. The zero-order chi connectivity index (χ0) is 15.1. The number of likely N-dealkylation sites (tertiary alicyclic amines) is 1. The Morgan fingerprint density at radius 2 is 2.10 bits per heavy atom. The Kier molecular flexibility index (Phi) is 5.98. The Labute approximate surface area is 117 Å². The van der Waals surface area contributed by atoms with Crippen molar-refractivity contribution in [3.63, 3.8) is 0 Å². The first-order valence-electron chi connectivity index (χ1n) is 6.44. The number of carbonyl (C=O) groups is 2. The van der Waals surface area contributed by atoms with Crippen molar-refractivity contribution in [3.8, 4) is 0 Å². The van der Waals surface area contributed by atoms with Gasteiger partial charge in [-0.2, -0.15) is 0 Å². The Morgan fingerprint density at radius 3 is 2.70 bits per heavy atom. The highest BCUT2D eigenvalue weighted by Gasteiger charge is 2.33. The molecule has 0 radical (unpaired) electrons. The molecule has 112 valence electrons. The van der Waals surface area contributed by atoms with Gasteiger partial charge in [-0.15, -0.1) is 0 Å². The average Bonchev–Trinajstić information content (AvgIpc) is 2.42. The van der Waals surface area contributed by atoms with E-state index in [4.69, 9.17) is 22.3 Å². The maximum atomic E-state index is 12.1. The number of aliphatic imine (C=N–C) groups is 1. The van der Waals surface area contributed by atoms with Gasteiger partial charge in [0.2, 0.25) is 5.91 Å². The monoisotopic (exact) mass is 283 g/mol. The van der Waals surface area contributed by atoms with Crippen LogP contribution >= 0.6 is 0 Å². The highest BCUT2D eigenvalue weighted by molar-refractivity contribution is 5.88. The lowest BCUT2D eigenvalue weighted by molar-refractivity contribution is -0.152. The van der Waals surface area contributed by atoms with Gasteiger partial charge in [-0.25, -0.2) is 9.79 Å². The molecule has 0 unspecified atom stereocenters. The number of carboxylic acids is 1. The summed E-state index contributed by atoms with van der Waals surface area (Å²) in [6.45, 7) is 0.650. The van der Waals surface area contributed by atoms with Crippen molar-refractivity contribution in [1.29, 1.82) is 0 Å². The minimum atomic E-state index is -0.991. The Hall–Kier alpha value is -2.09. The van der Waals surface area contributed by atoms with E-state index in [9.17, 15) is 9.59 Å². The van der Waals surface area contributed by atoms with E-state index in [1.165, 1.54) is 11.0 Å². The number of hydrogen-bond acceptors (Lipinski definition) is 4. The number of aliphatic carboxylic acids is 1. The quantitative estimate of drug-likeness (QED) is 0.277. The minimum Gasteiger partial charge on any atom is -0.480 e. The first kappa shape index (κ1) is 16.0. The van der Waals surface area contributed by atoms with Gasteiger partial charge >= 0.3 is 5.97 Å². The van der Waals surface area contributed by atoms with E-state index in [1.54, 1.807) is 6.08 Å². The van der Waals surface area contributed by atoms with Crippen molar-refractivity contribution in [2.45, 2.75) is 31.3 Å². The molecule has 20 heavy (non-hydrogen) atoms. The zero-order valence-corrected chi connectivity index (χ0v) is 11.2. The molecule has 0 aromatic heterocycles. The lowest BCUT2D eigenvalue weighted by atomic mass is 10.0. The number of carbonyl (C=O) groups excluding carboxylic acids is 1. The summed E-state index contributed by atoms with van der Waals surface area (Å²) in [5.41, 5.74) is 16.1. The van der Waals surface area contributed by atoms with Crippen LogP contribution in [-0.2, 0) is 9.59 Å². The van der Waals surface area contributed by atoms with Crippen LogP contribution in [0, 0.1) is 0 Å². The summed E-state index contributed by atoms with van der Waals surface area (Å²) in [5.74, 6) is -1.43. The molecule has 2 atom stereocenters.